The molecule has 0 aromatic carbocycles. The smallest absolute Gasteiger partial charge is 0.0512 e. The summed E-state index contributed by atoms with van der Waals surface area (Å²) in [7, 11) is 0. The topological polar surface area (TPSA) is 35.5 Å². The van der Waals surface area contributed by atoms with E-state index in [2.05, 4.69) is 24.1 Å². The largest absolute Gasteiger partial charge is 0.393 e. The van der Waals surface area contributed by atoms with Crippen LogP contribution >= 0.6 is 0 Å². The second kappa shape index (κ2) is 8.89. The second-order valence-corrected chi connectivity index (χ2v) is 5.94. The van der Waals surface area contributed by atoms with Crippen LogP contribution in [0.25, 0.3) is 0 Å². The number of hydrogen-bond acceptors (Lipinski definition) is 3. The van der Waals surface area contributed by atoms with Crippen molar-refractivity contribution in [3.05, 3.63) is 0 Å². The zero-order valence-corrected chi connectivity index (χ0v) is 12.5. The first kappa shape index (κ1) is 15.9. The summed E-state index contributed by atoms with van der Waals surface area (Å²) in [6, 6.07) is 0.610. The molecule has 3 unspecified atom stereocenters. The molecule has 1 saturated heterocycles. The Balaban J connectivity index is 2.17. The quantitative estimate of drug-likeness (QED) is 0.654. The predicted molar refractivity (Wildman–Crippen MR) is 77.8 cm³/mol. The molecule has 1 aliphatic rings. The highest BCUT2D eigenvalue weighted by Gasteiger charge is 2.23. The van der Waals surface area contributed by atoms with Crippen molar-refractivity contribution in [2.24, 2.45) is 5.92 Å². The molecule has 0 spiro atoms. The fraction of sp³-hybridized carbons (Fsp3) is 1.00. The van der Waals surface area contributed by atoms with E-state index in [1.54, 1.807) is 0 Å². The van der Waals surface area contributed by atoms with Gasteiger partial charge in [-0.25, -0.2) is 0 Å². The van der Waals surface area contributed by atoms with Gasteiger partial charge < -0.3 is 15.3 Å². The maximum Gasteiger partial charge on any atom is 0.0512 e. The Morgan fingerprint density at radius 2 is 2.17 bits per heavy atom. The second-order valence-electron chi connectivity index (χ2n) is 5.94. The van der Waals surface area contributed by atoms with Gasteiger partial charge in [-0.05, 0) is 71.5 Å². The van der Waals surface area contributed by atoms with Crippen molar-refractivity contribution < 1.29 is 5.11 Å². The lowest BCUT2D eigenvalue weighted by atomic mass is 9.91. The van der Waals surface area contributed by atoms with Gasteiger partial charge in [0.2, 0.25) is 0 Å². The molecule has 1 fully saturated rings. The lowest BCUT2D eigenvalue weighted by molar-refractivity contribution is 0.149. The molecule has 3 atom stereocenters. The molecule has 0 aliphatic carbocycles. The highest BCUT2D eigenvalue weighted by Crippen LogP contribution is 2.19. The van der Waals surface area contributed by atoms with Gasteiger partial charge in [0.05, 0.1) is 6.10 Å². The Morgan fingerprint density at radius 1 is 1.39 bits per heavy atom. The SMILES string of the molecule is CCCN1CCCC(C(C)NCCCC(C)O)C1. The number of nitrogens with one attached hydrogen (secondary N) is 1. The van der Waals surface area contributed by atoms with Gasteiger partial charge in [-0.15, -0.1) is 0 Å². The van der Waals surface area contributed by atoms with Crippen LogP contribution in [0, 0.1) is 5.92 Å². The minimum Gasteiger partial charge on any atom is -0.393 e. The van der Waals surface area contributed by atoms with Crippen LogP contribution in [0.15, 0.2) is 0 Å². The van der Waals surface area contributed by atoms with E-state index in [9.17, 15) is 5.11 Å². The van der Waals surface area contributed by atoms with Crippen LogP contribution in [0.4, 0.5) is 0 Å². The first-order chi connectivity index (χ1) is 8.63. The molecule has 0 aromatic heterocycles. The molecule has 0 aromatic rings. The van der Waals surface area contributed by atoms with Crippen molar-refractivity contribution in [1.29, 1.82) is 0 Å². The molecule has 3 heteroatoms. The van der Waals surface area contributed by atoms with Crippen LogP contribution in [0.2, 0.25) is 0 Å². The third kappa shape index (κ3) is 6.17. The molecule has 0 saturated carbocycles. The van der Waals surface area contributed by atoms with E-state index in [1.165, 1.54) is 38.9 Å². The van der Waals surface area contributed by atoms with E-state index in [0.29, 0.717) is 6.04 Å². The maximum atomic E-state index is 9.23. The van der Waals surface area contributed by atoms with Crippen molar-refractivity contribution in [3.63, 3.8) is 0 Å². The van der Waals surface area contributed by atoms with Crippen LogP contribution in [0.1, 0.15) is 52.9 Å². The van der Waals surface area contributed by atoms with E-state index < -0.39 is 0 Å². The van der Waals surface area contributed by atoms with Crippen molar-refractivity contribution in [1.82, 2.24) is 10.2 Å². The molecule has 0 bridgehead atoms. The van der Waals surface area contributed by atoms with Gasteiger partial charge in [0, 0.05) is 12.6 Å². The molecular weight excluding hydrogens is 224 g/mol. The number of nitrogens with zero attached hydrogens (tertiary/aromatic N) is 1. The normalized spacial score (nSPS) is 25.0. The van der Waals surface area contributed by atoms with E-state index in [4.69, 9.17) is 0 Å². The van der Waals surface area contributed by atoms with Gasteiger partial charge in [-0.2, -0.15) is 0 Å². The third-order valence-corrected chi connectivity index (χ3v) is 4.05. The Morgan fingerprint density at radius 3 is 2.83 bits per heavy atom. The monoisotopic (exact) mass is 256 g/mol. The molecular formula is C15H32N2O. The minimum atomic E-state index is -0.156. The number of hydrogen-bond donors (Lipinski definition) is 2. The summed E-state index contributed by atoms with van der Waals surface area (Å²) in [6.07, 6.45) is 5.81. The predicted octanol–water partition coefficient (Wildman–Crippen LogP) is 2.25. The van der Waals surface area contributed by atoms with Gasteiger partial charge in [-0.3, -0.25) is 0 Å². The van der Waals surface area contributed by atoms with Crippen LogP contribution in [0.5, 0.6) is 0 Å². The summed E-state index contributed by atoms with van der Waals surface area (Å²) in [6.45, 7) is 11.3. The van der Waals surface area contributed by atoms with Gasteiger partial charge in [0.25, 0.3) is 0 Å². The zero-order valence-electron chi connectivity index (χ0n) is 12.5. The summed E-state index contributed by atoms with van der Waals surface area (Å²) >= 11 is 0. The summed E-state index contributed by atoms with van der Waals surface area (Å²) in [4.78, 5) is 2.61. The zero-order chi connectivity index (χ0) is 13.4. The summed E-state index contributed by atoms with van der Waals surface area (Å²) in [5.41, 5.74) is 0. The first-order valence-corrected chi connectivity index (χ1v) is 7.77. The standard InChI is InChI=1S/C15H32N2O/c1-4-10-17-11-6-8-15(12-17)14(3)16-9-5-7-13(2)18/h13-16,18H,4-12H2,1-3H3. The lowest BCUT2D eigenvalue weighted by Crippen LogP contribution is -2.44. The average molecular weight is 256 g/mol. The lowest BCUT2D eigenvalue weighted by Gasteiger charge is -2.36. The molecule has 18 heavy (non-hydrogen) atoms. The van der Waals surface area contributed by atoms with E-state index in [-0.39, 0.29) is 6.10 Å². The summed E-state index contributed by atoms with van der Waals surface area (Å²) < 4.78 is 0. The molecule has 2 N–H and O–H groups in total. The van der Waals surface area contributed by atoms with Gasteiger partial charge in [0.1, 0.15) is 0 Å². The van der Waals surface area contributed by atoms with Crippen molar-refractivity contribution in [3.8, 4) is 0 Å². The number of likely N-dealkylation sites (tertiary alicyclic amines) is 1. The first-order valence-electron chi connectivity index (χ1n) is 7.77. The molecule has 0 amide bonds. The Bertz CT molecular complexity index is 207. The fourth-order valence-electron chi connectivity index (χ4n) is 2.91. The molecule has 1 aliphatic heterocycles. The van der Waals surface area contributed by atoms with Crippen molar-refractivity contribution in [2.45, 2.75) is 65.0 Å². The Labute approximate surface area is 113 Å². The number of aliphatic hydroxyl groups is 1. The maximum absolute atomic E-state index is 9.23. The van der Waals surface area contributed by atoms with Crippen LogP contribution in [0.3, 0.4) is 0 Å². The summed E-state index contributed by atoms with van der Waals surface area (Å²) in [5, 5.41) is 12.9. The van der Waals surface area contributed by atoms with Crippen LogP contribution in [-0.2, 0) is 0 Å². The van der Waals surface area contributed by atoms with Gasteiger partial charge in [-0.1, -0.05) is 6.92 Å². The number of aliphatic hydroxyl groups excluding tert-OH is 1. The third-order valence-electron chi connectivity index (χ3n) is 4.05. The fourth-order valence-corrected chi connectivity index (χ4v) is 2.91. The van der Waals surface area contributed by atoms with E-state index >= 15 is 0 Å². The van der Waals surface area contributed by atoms with Crippen molar-refractivity contribution >= 4 is 0 Å². The van der Waals surface area contributed by atoms with Crippen LogP contribution in [-0.4, -0.2) is 48.3 Å². The molecule has 108 valence electrons. The number of piperidine rings is 1. The van der Waals surface area contributed by atoms with Crippen LogP contribution < -0.4 is 5.32 Å². The molecule has 1 heterocycles. The van der Waals surface area contributed by atoms with E-state index in [1.807, 2.05) is 6.92 Å². The highest BCUT2D eigenvalue weighted by molar-refractivity contribution is 4.80. The Hall–Kier alpha value is -0.120. The summed E-state index contributed by atoms with van der Waals surface area (Å²) in [5.74, 6) is 0.803. The Kier molecular flexibility index (Phi) is 7.87. The number of rotatable bonds is 8. The average Bonchev–Trinajstić information content (AvgIpc) is 2.35. The molecule has 0 radical (unpaired) electrons. The van der Waals surface area contributed by atoms with E-state index in [0.717, 1.165) is 25.3 Å². The van der Waals surface area contributed by atoms with Crippen molar-refractivity contribution in [2.75, 3.05) is 26.2 Å². The molecule has 1 rings (SSSR count). The highest BCUT2D eigenvalue weighted by atomic mass is 16.3. The minimum absolute atomic E-state index is 0.156. The van der Waals surface area contributed by atoms with Gasteiger partial charge in [0.15, 0.2) is 0 Å². The van der Waals surface area contributed by atoms with Gasteiger partial charge >= 0.3 is 0 Å². The molecule has 3 nitrogen and oxygen atoms in total.